The van der Waals surface area contributed by atoms with Crippen LogP contribution in [0.25, 0.3) is 0 Å². The van der Waals surface area contributed by atoms with Crippen LogP contribution in [0.5, 0.6) is 5.75 Å². The summed E-state index contributed by atoms with van der Waals surface area (Å²) >= 11 is 12.7. The van der Waals surface area contributed by atoms with E-state index in [1.165, 1.54) is 25.3 Å². The molecule has 2 aromatic carbocycles. The smallest absolute Gasteiger partial charge is 0.449 e. The van der Waals surface area contributed by atoms with Crippen molar-refractivity contribution in [1.82, 2.24) is 0 Å². The second-order valence-electron chi connectivity index (χ2n) is 7.15. The molecule has 0 unspecified atom stereocenters. The summed E-state index contributed by atoms with van der Waals surface area (Å²) in [5, 5.41) is 16.6. The van der Waals surface area contributed by atoms with Crippen molar-refractivity contribution >= 4 is 46.5 Å². The Morgan fingerprint density at radius 1 is 1.21 bits per heavy atom. The van der Waals surface area contributed by atoms with Crippen molar-refractivity contribution in [1.29, 1.82) is 10.8 Å². The van der Waals surface area contributed by atoms with Crippen LogP contribution >= 0.6 is 23.2 Å². The van der Waals surface area contributed by atoms with E-state index in [0.29, 0.717) is 10.5 Å². The van der Waals surface area contributed by atoms with E-state index in [1.807, 2.05) is 0 Å². The molecule has 1 aliphatic rings. The van der Waals surface area contributed by atoms with Gasteiger partial charge in [-0.3, -0.25) is 20.5 Å². The van der Waals surface area contributed by atoms with Gasteiger partial charge >= 0.3 is 12.1 Å². The van der Waals surface area contributed by atoms with Gasteiger partial charge in [0.15, 0.2) is 0 Å². The zero-order valence-corrected chi connectivity index (χ0v) is 19.5. The van der Waals surface area contributed by atoms with Crippen molar-refractivity contribution in [2.24, 2.45) is 0 Å². The highest BCUT2D eigenvalue weighted by Crippen LogP contribution is 2.44. The van der Waals surface area contributed by atoms with E-state index in [4.69, 9.17) is 48.2 Å². The molecule has 1 heterocycles. The van der Waals surface area contributed by atoms with E-state index in [2.05, 4.69) is 0 Å². The van der Waals surface area contributed by atoms with Crippen LogP contribution in [0.1, 0.15) is 30.6 Å². The molecule has 34 heavy (non-hydrogen) atoms. The first-order valence-electron chi connectivity index (χ1n) is 9.96. The van der Waals surface area contributed by atoms with Gasteiger partial charge in [0.05, 0.1) is 30.8 Å². The summed E-state index contributed by atoms with van der Waals surface area (Å²) < 4.78 is 57.2. The number of ether oxygens (including phenoxy) is 3. The number of methoxy groups -OCH3 is 1. The van der Waals surface area contributed by atoms with Gasteiger partial charge in [0.25, 0.3) is 0 Å². The van der Waals surface area contributed by atoms with E-state index in [-0.39, 0.29) is 33.7 Å². The van der Waals surface area contributed by atoms with Gasteiger partial charge in [0.2, 0.25) is 5.84 Å². The van der Waals surface area contributed by atoms with Crippen LogP contribution in [0.3, 0.4) is 0 Å². The number of fused-ring (bicyclic) bond motifs is 1. The normalized spacial score (nSPS) is 18.2. The molecular weight excluding hydrogens is 498 g/mol. The first-order valence-corrected chi connectivity index (χ1v) is 10.7. The second kappa shape index (κ2) is 10.2. The molecule has 7 nitrogen and oxygen atoms in total. The molecule has 1 aliphatic heterocycles. The zero-order chi connectivity index (χ0) is 25.2. The molecule has 0 bridgehead atoms. The maximum absolute atomic E-state index is 13.6. The summed E-state index contributed by atoms with van der Waals surface area (Å²) in [5.41, 5.74) is 0.270. The fourth-order valence-electron chi connectivity index (χ4n) is 3.53. The lowest BCUT2D eigenvalue weighted by molar-refractivity contribution is -0.145. The molecule has 0 saturated heterocycles. The molecule has 182 valence electrons. The van der Waals surface area contributed by atoms with Crippen LogP contribution < -0.4 is 9.64 Å². The molecule has 0 amide bonds. The third-order valence-electron chi connectivity index (χ3n) is 5.00. The number of carbonyl (C=O) groups is 1. The van der Waals surface area contributed by atoms with Crippen molar-refractivity contribution in [2.75, 3.05) is 18.6 Å². The molecule has 2 aromatic rings. The molecule has 0 aliphatic carbocycles. The van der Waals surface area contributed by atoms with E-state index in [0.717, 1.165) is 0 Å². The van der Waals surface area contributed by atoms with Gasteiger partial charge in [-0.2, -0.15) is 13.2 Å². The maximum atomic E-state index is 13.6. The Labute approximate surface area is 203 Å². The van der Waals surface area contributed by atoms with Gasteiger partial charge in [-0.25, -0.2) is 0 Å². The van der Waals surface area contributed by atoms with Gasteiger partial charge in [-0.05, 0) is 31.2 Å². The summed E-state index contributed by atoms with van der Waals surface area (Å²) in [6.07, 6.45) is -8.30. The fraction of sp³-hybridized carbons (Fsp3) is 0.318. The minimum absolute atomic E-state index is 0.0297. The maximum Gasteiger partial charge on any atom is 0.449 e. The Morgan fingerprint density at radius 3 is 2.53 bits per heavy atom. The Kier molecular flexibility index (Phi) is 7.74. The summed E-state index contributed by atoms with van der Waals surface area (Å²) in [5.74, 6) is -3.08. The van der Waals surface area contributed by atoms with Crippen molar-refractivity contribution < 1.29 is 32.2 Å². The van der Waals surface area contributed by atoms with E-state index < -0.39 is 42.4 Å². The number of halogens is 5. The summed E-state index contributed by atoms with van der Waals surface area (Å²) in [6, 6.07) is 8.73. The number of amidine groups is 2. The number of anilines is 1. The molecule has 0 saturated carbocycles. The largest absolute Gasteiger partial charge is 0.495 e. The van der Waals surface area contributed by atoms with E-state index in [9.17, 15) is 18.0 Å². The number of benzene rings is 2. The molecule has 3 rings (SSSR count). The Morgan fingerprint density at radius 2 is 1.91 bits per heavy atom. The SMILES string of the molecule is CCOC(=O)C[C@@H]1O[C@@H](c2cccc(OC)c2Cl)c2cc(Cl)ccc2N(C(=N)C(F)(F)F)C1=N. The second-order valence-corrected chi connectivity index (χ2v) is 7.96. The highest BCUT2D eigenvalue weighted by atomic mass is 35.5. The molecule has 0 spiro atoms. The van der Waals surface area contributed by atoms with Crippen LogP contribution in [-0.4, -0.2) is 43.6 Å². The number of hydrogen-bond donors (Lipinski definition) is 2. The first-order chi connectivity index (χ1) is 16.0. The monoisotopic (exact) mass is 517 g/mol. The third-order valence-corrected chi connectivity index (χ3v) is 5.64. The molecule has 0 radical (unpaired) electrons. The van der Waals surface area contributed by atoms with Crippen LogP contribution in [0.2, 0.25) is 10.0 Å². The number of alkyl halides is 3. The van der Waals surface area contributed by atoms with Crippen molar-refractivity contribution in [3.8, 4) is 5.75 Å². The molecule has 0 fully saturated rings. The summed E-state index contributed by atoms with van der Waals surface area (Å²) in [6.45, 7) is 1.60. The Bertz CT molecular complexity index is 1130. The lowest BCUT2D eigenvalue weighted by Gasteiger charge is -2.28. The van der Waals surface area contributed by atoms with Crippen LogP contribution in [-0.2, 0) is 14.3 Å². The third kappa shape index (κ3) is 5.13. The number of nitrogens with zero attached hydrogens (tertiary/aromatic N) is 1. The molecule has 2 N–H and O–H groups in total. The first kappa shape index (κ1) is 25.8. The highest BCUT2D eigenvalue weighted by molar-refractivity contribution is 6.33. The van der Waals surface area contributed by atoms with Crippen molar-refractivity contribution in [3.05, 3.63) is 57.6 Å². The number of nitrogens with one attached hydrogen (secondary N) is 2. The lowest BCUT2D eigenvalue weighted by Crippen LogP contribution is -2.48. The predicted octanol–water partition coefficient (Wildman–Crippen LogP) is 5.77. The Balaban J connectivity index is 2.26. The van der Waals surface area contributed by atoms with Crippen LogP contribution in [0.4, 0.5) is 18.9 Å². The lowest BCUT2D eigenvalue weighted by atomic mass is 9.98. The average Bonchev–Trinajstić information content (AvgIpc) is 2.87. The van der Waals surface area contributed by atoms with Gasteiger partial charge in [0, 0.05) is 16.1 Å². The fourth-order valence-corrected chi connectivity index (χ4v) is 4.01. The van der Waals surface area contributed by atoms with Crippen LogP contribution in [0.15, 0.2) is 36.4 Å². The number of esters is 1. The van der Waals surface area contributed by atoms with E-state index in [1.54, 1.807) is 25.1 Å². The van der Waals surface area contributed by atoms with E-state index >= 15 is 0 Å². The minimum atomic E-state index is -5.09. The van der Waals surface area contributed by atoms with Gasteiger partial charge < -0.3 is 14.2 Å². The Hall–Kier alpha value is -2.82. The number of hydrogen-bond acceptors (Lipinski definition) is 6. The van der Waals surface area contributed by atoms with Crippen molar-refractivity contribution in [2.45, 2.75) is 31.7 Å². The standard InChI is InChI=1S/C22H20Cl2F3N3O4/c1-3-33-17(31)10-16-20(28)30(21(29)22(25,26)27)14-8-7-11(23)9-13(14)19(34-16)12-5-4-6-15(32-2)18(12)24/h4-9,16,19,28-29H,3,10H2,1-2H3/t16-,19-/m0/s1. The number of carbonyl (C=O) groups excluding carboxylic acids is 1. The number of rotatable bonds is 5. The van der Waals surface area contributed by atoms with Crippen molar-refractivity contribution in [3.63, 3.8) is 0 Å². The molecule has 2 atom stereocenters. The topological polar surface area (TPSA) is 95.7 Å². The average molecular weight is 518 g/mol. The molecular formula is C22H20Cl2F3N3O4. The molecule has 0 aromatic heterocycles. The van der Waals surface area contributed by atoms with Gasteiger partial charge in [-0.15, -0.1) is 0 Å². The highest BCUT2D eigenvalue weighted by Gasteiger charge is 2.46. The van der Waals surface area contributed by atoms with Gasteiger partial charge in [0.1, 0.15) is 23.8 Å². The van der Waals surface area contributed by atoms with Gasteiger partial charge in [-0.1, -0.05) is 35.3 Å². The summed E-state index contributed by atoms with van der Waals surface area (Å²) in [7, 11) is 1.40. The quantitative estimate of drug-likeness (QED) is 0.298. The summed E-state index contributed by atoms with van der Waals surface area (Å²) in [4.78, 5) is 12.6. The zero-order valence-electron chi connectivity index (χ0n) is 18.0. The molecule has 12 heteroatoms. The van der Waals surface area contributed by atoms with Crippen LogP contribution in [0, 0.1) is 10.8 Å². The minimum Gasteiger partial charge on any atom is -0.495 e. The predicted molar refractivity (Wildman–Crippen MR) is 121 cm³/mol.